The average molecular weight is 446 g/mol. The molecule has 1 saturated carbocycles. The second-order valence-electron chi connectivity index (χ2n) is 8.43. The van der Waals surface area contributed by atoms with Crippen LogP contribution in [0.3, 0.4) is 0 Å². The molecule has 1 aromatic carbocycles. The van der Waals surface area contributed by atoms with Crippen molar-refractivity contribution >= 4 is 32.5 Å². The highest BCUT2D eigenvalue weighted by Gasteiger charge is 2.21. The fraction of sp³-hybridized carbons (Fsp3) is 0.320. The summed E-state index contributed by atoms with van der Waals surface area (Å²) in [4.78, 5) is 13.3. The lowest BCUT2D eigenvalue weighted by Gasteiger charge is -2.28. The van der Waals surface area contributed by atoms with Crippen molar-refractivity contribution in [1.29, 1.82) is 0 Å². The van der Waals surface area contributed by atoms with Crippen LogP contribution < -0.4 is 15.8 Å². The van der Waals surface area contributed by atoms with Gasteiger partial charge in [-0.05, 0) is 56.0 Å². The molecule has 0 bridgehead atoms. The smallest absolute Gasteiger partial charge is 0.184 e. The number of pyridine rings is 2. The van der Waals surface area contributed by atoms with E-state index in [9.17, 15) is 0 Å². The van der Waals surface area contributed by atoms with Gasteiger partial charge in [-0.25, -0.2) is 9.97 Å². The number of hydrogen-bond donors (Lipinski definition) is 2. The molecule has 164 valence electrons. The molecule has 0 radical (unpaired) electrons. The van der Waals surface area contributed by atoms with Crippen molar-refractivity contribution < 1.29 is 4.74 Å². The van der Waals surface area contributed by atoms with Gasteiger partial charge in [-0.1, -0.05) is 30.6 Å². The van der Waals surface area contributed by atoms with Crippen LogP contribution in [0.1, 0.15) is 39.0 Å². The number of rotatable bonds is 6. The first-order chi connectivity index (χ1) is 15.6. The molecule has 1 aliphatic rings. The second-order valence-corrected chi connectivity index (χ2v) is 9.46. The van der Waals surface area contributed by atoms with Crippen LogP contribution in [0.25, 0.3) is 21.5 Å². The van der Waals surface area contributed by atoms with Crippen LogP contribution in [0.4, 0.5) is 10.9 Å². The second kappa shape index (κ2) is 9.12. The van der Waals surface area contributed by atoms with E-state index in [4.69, 9.17) is 15.5 Å². The Kier molecular flexibility index (Phi) is 5.90. The van der Waals surface area contributed by atoms with Gasteiger partial charge in [0.1, 0.15) is 17.3 Å². The molecule has 0 saturated heterocycles. The topological polar surface area (TPSA) is 86.0 Å². The van der Waals surface area contributed by atoms with Crippen molar-refractivity contribution in [3.05, 3.63) is 54.9 Å². The SMILES string of the molecule is C[C@H](Nc1nc2ccc(Oc3ccnc(-c4ccc(N)nc4)c3)cc2s1)C1CCCCC1. The molecule has 1 atom stereocenters. The Morgan fingerprint density at radius 3 is 2.69 bits per heavy atom. The number of fused-ring (bicyclic) bond motifs is 1. The van der Waals surface area contributed by atoms with Gasteiger partial charge < -0.3 is 15.8 Å². The number of nitrogen functional groups attached to an aromatic ring is 1. The molecule has 4 aromatic rings. The zero-order chi connectivity index (χ0) is 21.9. The predicted octanol–water partition coefficient (Wildman–Crippen LogP) is 6.51. The van der Waals surface area contributed by atoms with Crippen LogP contribution in [-0.2, 0) is 0 Å². The lowest BCUT2D eigenvalue weighted by Crippen LogP contribution is -2.27. The quantitative estimate of drug-likeness (QED) is 0.352. The summed E-state index contributed by atoms with van der Waals surface area (Å²) in [5.74, 6) is 2.73. The zero-order valence-corrected chi connectivity index (χ0v) is 18.9. The van der Waals surface area contributed by atoms with E-state index in [1.807, 2.05) is 36.4 Å². The Labute approximate surface area is 191 Å². The highest BCUT2D eigenvalue weighted by Crippen LogP contribution is 2.34. The molecule has 0 spiro atoms. The van der Waals surface area contributed by atoms with Gasteiger partial charge in [0.25, 0.3) is 0 Å². The minimum Gasteiger partial charge on any atom is -0.457 e. The summed E-state index contributed by atoms with van der Waals surface area (Å²) in [5.41, 5.74) is 8.36. The number of nitrogens with one attached hydrogen (secondary N) is 1. The number of thiazole rings is 1. The maximum Gasteiger partial charge on any atom is 0.184 e. The molecule has 0 amide bonds. The van der Waals surface area contributed by atoms with Gasteiger partial charge in [-0.3, -0.25) is 4.98 Å². The Morgan fingerprint density at radius 2 is 1.88 bits per heavy atom. The van der Waals surface area contributed by atoms with E-state index >= 15 is 0 Å². The standard InChI is InChI=1S/C25H27N5OS/c1-16(17-5-3-2-4-6-17)29-25-30-21-9-8-19(14-23(21)32-25)31-20-11-12-27-22(13-20)18-7-10-24(26)28-15-18/h7-17H,2-6H2,1H3,(H2,26,28)(H,29,30)/t16-/m0/s1. The number of ether oxygens (including phenoxy) is 1. The summed E-state index contributed by atoms with van der Waals surface area (Å²) in [5, 5.41) is 4.63. The monoisotopic (exact) mass is 445 g/mol. The first kappa shape index (κ1) is 20.7. The van der Waals surface area contributed by atoms with Crippen LogP contribution in [0.2, 0.25) is 0 Å². The summed E-state index contributed by atoms with van der Waals surface area (Å²) in [6, 6.07) is 13.9. The van der Waals surface area contributed by atoms with Gasteiger partial charge in [0.15, 0.2) is 5.13 Å². The van der Waals surface area contributed by atoms with Crippen molar-refractivity contribution in [2.24, 2.45) is 5.92 Å². The van der Waals surface area contributed by atoms with E-state index in [1.165, 1.54) is 32.1 Å². The molecule has 3 heterocycles. The highest BCUT2D eigenvalue weighted by molar-refractivity contribution is 7.22. The number of benzene rings is 1. The van der Waals surface area contributed by atoms with Crippen molar-refractivity contribution in [1.82, 2.24) is 15.0 Å². The van der Waals surface area contributed by atoms with E-state index in [0.29, 0.717) is 11.9 Å². The first-order valence-electron chi connectivity index (χ1n) is 11.2. The molecule has 6 nitrogen and oxygen atoms in total. The number of anilines is 2. The average Bonchev–Trinajstić information content (AvgIpc) is 3.22. The first-order valence-corrected chi connectivity index (χ1v) is 12.0. The Bertz CT molecular complexity index is 1200. The Morgan fingerprint density at radius 1 is 1.03 bits per heavy atom. The summed E-state index contributed by atoms with van der Waals surface area (Å²) >= 11 is 1.68. The van der Waals surface area contributed by atoms with Gasteiger partial charge in [0.05, 0.1) is 15.9 Å². The fourth-order valence-corrected chi connectivity index (χ4v) is 5.29. The molecule has 1 fully saturated rings. The van der Waals surface area contributed by atoms with Gasteiger partial charge in [-0.2, -0.15) is 0 Å². The van der Waals surface area contributed by atoms with Crippen molar-refractivity contribution in [3.63, 3.8) is 0 Å². The van der Waals surface area contributed by atoms with Crippen LogP contribution in [0.15, 0.2) is 54.9 Å². The molecule has 32 heavy (non-hydrogen) atoms. The van der Waals surface area contributed by atoms with Gasteiger partial charge in [0.2, 0.25) is 0 Å². The van der Waals surface area contributed by atoms with Crippen LogP contribution in [0, 0.1) is 5.92 Å². The zero-order valence-electron chi connectivity index (χ0n) is 18.1. The lowest BCUT2D eigenvalue weighted by atomic mass is 9.85. The molecule has 5 rings (SSSR count). The normalized spacial score (nSPS) is 15.5. The molecule has 1 aliphatic carbocycles. The number of hydrogen-bond acceptors (Lipinski definition) is 7. The van der Waals surface area contributed by atoms with E-state index in [-0.39, 0.29) is 0 Å². The molecule has 7 heteroatoms. The third-order valence-electron chi connectivity index (χ3n) is 6.12. The van der Waals surface area contributed by atoms with Gasteiger partial charge in [-0.15, -0.1) is 0 Å². The maximum atomic E-state index is 6.13. The molecule has 3 N–H and O–H groups in total. The highest BCUT2D eigenvalue weighted by atomic mass is 32.1. The van der Waals surface area contributed by atoms with Crippen LogP contribution >= 0.6 is 11.3 Å². The number of aromatic nitrogens is 3. The molecule has 0 aliphatic heterocycles. The maximum absolute atomic E-state index is 6.13. The minimum absolute atomic E-state index is 0.449. The third-order valence-corrected chi connectivity index (χ3v) is 7.07. The number of nitrogens with zero attached hydrogens (tertiary/aromatic N) is 3. The number of nitrogens with two attached hydrogens (primary N) is 1. The Hall–Kier alpha value is -3.19. The van der Waals surface area contributed by atoms with Gasteiger partial charge >= 0.3 is 0 Å². The van der Waals surface area contributed by atoms with E-state index in [1.54, 1.807) is 29.8 Å². The van der Waals surface area contributed by atoms with Crippen LogP contribution in [-0.4, -0.2) is 21.0 Å². The summed E-state index contributed by atoms with van der Waals surface area (Å²) in [6.07, 6.45) is 10.2. The minimum atomic E-state index is 0.449. The van der Waals surface area contributed by atoms with E-state index < -0.39 is 0 Å². The van der Waals surface area contributed by atoms with E-state index in [2.05, 4.69) is 22.2 Å². The summed E-state index contributed by atoms with van der Waals surface area (Å²) in [7, 11) is 0. The summed E-state index contributed by atoms with van der Waals surface area (Å²) in [6.45, 7) is 2.29. The molecular formula is C25H27N5OS. The van der Waals surface area contributed by atoms with E-state index in [0.717, 1.165) is 44.0 Å². The molecule has 0 unspecified atom stereocenters. The largest absolute Gasteiger partial charge is 0.457 e. The third kappa shape index (κ3) is 4.67. The Balaban J connectivity index is 1.31. The van der Waals surface area contributed by atoms with Crippen molar-refractivity contribution in [2.75, 3.05) is 11.1 Å². The van der Waals surface area contributed by atoms with Crippen LogP contribution in [0.5, 0.6) is 11.5 Å². The predicted molar refractivity (Wildman–Crippen MR) is 131 cm³/mol. The van der Waals surface area contributed by atoms with Gasteiger partial charge in [0, 0.05) is 36.1 Å². The lowest BCUT2D eigenvalue weighted by molar-refractivity contribution is 0.328. The molecular weight excluding hydrogens is 418 g/mol. The fourth-order valence-electron chi connectivity index (χ4n) is 4.30. The summed E-state index contributed by atoms with van der Waals surface area (Å²) < 4.78 is 7.24. The van der Waals surface area contributed by atoms with Crippen molar-refractivity contribution in [2.45, 2.75) is 45.1 Å². The molecule has 3 aromatic heterocycles. The van der Waals surface area contributed by atoms with Crippen molar-refractivity contribution in [3.8, 4) is 22.8 Å².